The van der Waals surface area contributed by atoms with Crippen molar-refractivity contribution in [2.75, 3.05) is 11.9 Å². The van der Waals surface area contributed by atoms with Gasteiger partial charge in [0.15, 0.2) is 0 Å². The van der Waals surface area contributed by atoms with Crippen molar-refractivity contribution in [3.63, 3.8) is 0 Å². The molecule has 0 aliphatic carbocycles. The first-order valence-corrected chi connectivity index (χ1v) is 9.74. The largest absolute Gasteiger partial charge is 0.493 e. The first-order chi connectivity index (χ1) is 11.8. The molecule has 4 heteroatoms. The summed E-state index contributed by atoms with van der Waals surface area (Å²) in [7, 11) is 0. The van der Waals surface area contributed by atoms with E-state index < -0.39 is 0 Å². The van der Waals surface area contributed by atoms with Gasteiger partial charge in [0.05, 0.1) is 12.9 Å². The van der Waals surface area contributed by atoms with Gasteiger partial charge >= 0.3 is 0 Å². The lowest BCUT2D eigenvalue weighted by molar-refractivity contribution is 0.305. The molecule has 0 spiro atoms. The van der Waals surface area contributed by atoms with Crippen LogP contribution in [0.25, 0.3) is 22.1 Å². The van der Waals surface area contributed by atoms with Gasteiger partial charge in [-0.15, -0.1) is 0 Å². The van der Waals surface area contributed by atoms with Crippen molar-refractivity contribution >= 4 is 38.5 Å². The fraction of sp³-hybridized carbons (Fsp3) is 0.300. The summed E-state index contributed by atoms with van der Waals surface area (Å²) in [5.41, 5.74) is 3.01. The third-order valence-corrected chi connectivity index (χ3v) is 4.81. The van der Waals surface area contributed by atoms with Crippen LogP contribution in [0, 0.1) is 0 Å². The molecule has 0 amide bonds. The van der Waals surface area contributed by atoms with Gasteiger partial charge in [-0.25, -0.2) is 0 Å². The molecule has 0 aliphatic rings. The lowest BCUT2D eigenvalue weighted by Gasteiger charge is -2.06. The molecule has 0 atom stereocenters. The SMILES string of the molecule is Clc1ccc(-c2coc3cc(OCCCCCCBr)ccc23)cc1. The van der Waals surface area contributed by atoms with Crippen LogP contribution in [0.1, 0.15) is 25.7 Å². The molecule has 0 bridgehead atoms. The van der Waals surface area contributed by atoms with Crippen molar-refractivity contribution in [3.05, 3.63) is 53.8 Å². The van der Waals surface area contributed by atoms with Gasteiger partial charge in [-0.2, -0.15) is 0 Å². The zero-order valence-electron chi connectivity index (χ0n) is 13.4. The standard InChI is InChI=1S/C20H20BrClO2/c21-11-3-1-2-4-12-23-17-9-10-18-19(14-24-20(18)13-17)15-5-7-16(22)8-6-15/h5-10,13-14H,1-4,11-12H2. The Hall–Kier alpha value is -1.45. The molecule has 0 fully saturated rings. The molecule has 0 saturated carbocycles. The average Bonchev–Trinajstić information content (AvgIpc) is 3.02. The molecule has 1 heterocycles. The van der Waals surface area contributed by atoms with Gasteiger partial charge < -0.3 is 9.15 Å². The minimum Gasteiger partial charge on any atom is -0.493 e. The molecule has 0 radical (unpaired) electrons. The highest BCUT2D eigenvalue weighted by atomic mass is 79.9. The number of hydrogen-bond acceptors (Lipinski definition) is 2. The summed E-state index contributed by atoms with van der Waals surface area (Å²) >= 11 is 9.41. The number of hydrogen-bond donors (Lipinski definition) is 0. The fourth-order valence-electron chi connectivity index (χ4n) is 2.69. The van der Waals surface area contributed by atoms with E-state index in [9.17, 15) is 0 Å². The summed E-state index contributed by atoms with van der Waals surface area (Å²) < 4.78 is 11.6. The van der Waals surface area contributed by atoms with Crippen LogP contribution < -0.4 is 4.74 Å². The maximum atomic E-state index is 5.96. The minimum atomic E-state index is 0.735. The molecule has 0 aliphatic heterocycles. The topological polar surface area (TPSA) is 22.4 Å². The van der Waals surface area contributed by atoms with Crippen LogP contribution in [0.4, 0.5) is 0 Å². The van der Waals surface area contributed by atoms with Gasteiger partial charge in [0.2, 0.25) is 0 Å². The molecule has 126 valence electrons. The molecule has 1 aromatic heterocycles. The second-order valence-corrected chi connectivity index (χ2v) is 7.00. The third-order valence-electron chi connectivity index (χ3n) is 4.00. The predicted molar refractivity (Wildman–Crippen MR) is 104 cm³/mol. The van der Waals surface area contributed by atoms with Crippen LogP contribution in [0.3, 0.4) is 0 Å². The summed E-state index contributed by atoms with van der Waals surface area (Å²) in [6, 6.07) is 13.8. The Balaban J connectivity index is 1.66. The zero-order valence-corrected chi connectivity index (χ0v) is 15.8. The average molecular weight is 408 g/mol. The fourth-order valence-corrected chi connectivity index (χ4v) is 3.21. The van der Waals surface area contributed by atoms with Crippen molar-refractivity contribution in [1.29, 1.82) is 0 Å². The number of unbranched alkanes of at least 4 members (excludes halogenated alkanes) is 3. The van der Waals surface area contributed by atoms with Gasteiger partial charge in [-0.3, -0.25) is 0 Å². The number of alkyl halides is 1. The highest BCUT2D eigenvalue weighted by Gasteiger charge is 2.09. The van der Waals surface area contributed by atoms with Gasteiger partial charge in [0, 0.05) is 27.4 Å². The van der Waals surface area contributed by atoms with Crippen molar-refractivity contribution in [1.82, 2.24) is 0 Å². The lowest BCUT2D eigenvalue weighted by atomic mass is 10.0. The molecule has 2 aromatic carbocycles. The number of furan rings is 1. The molecule has 0 saturated heterocycles. The molecule has 24 heavy (non-hydrogen) atoms. The lowest BCUT2D eigenvalue weighted by Crippen LogP contribution is -1.97. The Morgan fingerprint density at radius 2 is 1.75 bits per heavy atom. The molecule has 2 nitrogen and oxygen atoms in total. The molecule has 0 N–H and O–H groups in total. The van der Waals surface area contributed by atoms with Crippen LogP contribution in [0.15, 0.2) is 53.1 Å². The number of fused-ring (bicyclic) bond motifs is 1. The Labute approximate surface area is 155 Å². The molecular weight excluding hydrogens is 388 g/mol. The van der Waals surface area contributed by atoms with E-state index in [0.29, 0.717) is 0 Å². The first-order valence-electron chi connectivity index (χ1n) is 8.24. The Morgan fingerprint density at radius 3 is 2.54 bits per heavy atom. The maximum absolute atomic E-state index is 5.96. The number of rotatable bonds is 8. The van der Waals surface area contributed by atoms with Crippen LogP contribution in [-0.4, -0.2) is 11.9 Å². The van der Waals surface area contributed by atoms with Crippen molar-refractivity contribution in [2.24, 2.45) is 0 Å². The van der Waals surface area contributed by atoms with E-state index in [1.54, 1.807) is 6.26 Å². The Morgan fingerprint density at radius 1 is 0.958 bits per heavy atom. The van der Waals surface area contributed by atoms with Crippen molar-refractivity contribution in [2.45, 2.75) is 25.7 Å². The van der Waals surface area contributed by atoms with Gasteiger partial charge in [-0.1, -0.05) is 52.5 Å². The van der Waals surface area contributed by atoms with Gasteiger partial charge in [-0.05, 0) is 42.7 Å². The van der Waals surface area contributed by atoms with E-state index >= 15 is 0 Å². The quantitative estimate of drug-likeness (QED) is 0.294. The summed E-state index contributed by atoms with van der Waals surface area (Å²) in [5.74, 6) is 0.861. The van der Waals surface area contributed by atoms with E-state index in [2.05, 4.69) is 22.0 Å². The molecule has 3 rings (SSSR count). The maximum Gasteiger partial charge on any atom is 0.138 e. The van der Waals surface area contributed by atoms with Gasteiger partial charge in [0.1, 0.15) is 11.3 Å². The van der Waals surface area contributed by atoms with E-state index in [1.165, 1.54) is 19.3 Å². The molecular formula is C20H20BrClO2. The smallest absolute Gasteiger partial charge is 0.138 e. The van der Waals surface area contributed by atoms with Crippen LogP contribution in [0.2, 0.25) is 5.02 Å². The van der Waals surface area contributed by atoms with E-state index in [-0.39, 0.29) is 0 Å². The van der Waals surface area contributed by atoms with Gasteiger partial charge in [0.25, 0.3) is 0 Å². The van der Waals surface area contributed by atoms with E-state index in [0.717, 1.165) is 51.2 Å². The Bertz CT molecular complexity index is 780. The number of benzene rings is 2. The van der Waals surface area contributed by atoms with Crippen molar-refractivity contribution in [3.8, 4) is 16.9 Å². The van der Waals surface area contributed by atoms with Crippen LogP contribution in [0.5, 0.6) is 5.75 Å². The summed E-state index contributed by atoms with van der Waals surface area (Å²) in [5, 5.41) is 2.90. The second kappa shape index (κ2) is 8.59. The van der Waals surface area contributed by atoms with E-state index in [1.807, 2.05) is 36.4 Å². The molecule has 0 unspecified atom stereocenters. The van der Waals surface area contributed by atoms with E-state index in [4.69, 9.17) is 20.8 Å². The predicted octanol–water partition coefficient (Wildman–Crippen LogP) is 7.09. The monoisotopic (exact) mass is 406 g/mol. The molecule has 3 aromatic rings. The highest BCUT2D eigenvalue weighted by molar-refractivity contribution is 9.09. The number of halogens is 2. The third kappa shape index (κ3) is 4.34. The minimum absolute atomic E-state index is 0.735. The number of ether oxygens (including phenoxy) is 1. The summed E-state index contributed by atoms with van der Waals surface area (Å²) in [4.78, 5) is 0. The van der Waals surface area contributed by atoms with Crippen LogP contribution in [-0.2, 0) is 0 Å². The highest BCUT2D eigenvalue weighted by Crippen LogP contribution is 2.33. The van der Waals surface area contributed by atoms with Crippen LogP contribution >= 0.6 is 27.5 Å². The summed E-state index contributed by atoms with van der Waals surface area (Å²) in [6.45, 7) is 0.749. The zero-order chi connectivity index (χ0) is 16.8. The Kier molecular flexibility index (Phi) is 6.22. The first kappa shape index (κ1) is 17.4. The second-order valence-electron chi connectivity index (χ2n) is 5.77. The normalized spacial score (nSPS) is 11.1. The summed E-state index contributed by atoms with van der Waals surface area (Å²) in [6.07, 6.45) is 6.55. The van der Waals surface area contributed by atoms with Crippen molar-refractivity contribution < 1.29 is 9.15 Å².